The summed E-state index contributed by atoms with van der Waals surface area (Å²) < 4.78 is 1.61. The number of benzene rings is 1. The first kappa shape index (κ1) is 17.9. The van der Waals surface area contributed by atoms with E-state index in [0.717, 1.165) is 5.56 Å². The Morgan fingerprint density at radius 3 is 2.58 bits per heavy atom. The molecule has 0 unspecified atom stereocenters. The Labute approximate surface area is 156 Å². The van der Waals surface area contributed by atoms with Crippen molar-refractivity contribution in [3.63, 3.8) is 0 Å². The van der Waals surface area contributed by atoms with Crippen molar-refractivity contribution in [1.82, 2.24) is 20.0 Å². The molecule has 0 atom stereocenters. The maximum absolute atomic E-state index is 12.6. The molecule has 0 radical (unpaired) electrons. The van der Waals surface area contributed by atoms with Gasteiger partial charge in [0.1, 0.15) is 0 Å². The van der Waals surface area contributed by atoms with Gasteiger partial charge in [0.25, 0.3) is 11.8 Å². The lowest BCUT2D eigenvalue weighted by molar-refractivity contribution is 0.0939. The Morgan fingerprint density at radius 2 is 1.85 bits per heavy atom. The molecule has 0 spiro atoms. The molecular weight excluding hydrogens is 352 g/mol. The van der Waals surface area contributed by atoms with E-state index in [1.807, 2.05) is 32.0 Å². The molecule has 0 saturated heterocycles. The zero-order valence-electron chi connectivity index (χ0n) is 14.5. The Bertz CT molecular complexity index is 965. The number of imidazole rings is 1. The van der Waals surface area contributed by atoms with Crippen molar-refractivity contribution in [2.24, 2.45) is 0 Å². The summed E-state index contributed by atoms with van der Waals surface area (Å²) in [5.41, 5.74) is 1.61. The Morgan fingerprint density at radius 1 is 1.12 bits per heavy atom. The number of halogens is 1. The minimum atomic E-state index is -0.380. The number of carbonyl (C=O) groups is 2. The van der Waals surface area contributed by atoms with Gasteiger partial charge < -0.3 is 10.6 Å². The van der Waals surface area contributed by atoms with Crippen LogP contribution in [0, 0.1) is 0 Å². The fraction of sp³-hybridized carbons (Fsp3) is 0.211. The number of hydrogen-bond acceptors (Lipinski definition) is 3. The molecule has 0 bridgehead atoms. The molecule has 2 aromatic heterocycles. The number of hydrogen-bond donors (Lipinski definition) is 2. The lowest BCUT2D eigenvalue weighted by Crippen LogP contribution is -2.30. The van der Waals surface area contributed by atoms with Gasteiger partial charge in [0.15, 0.2) is 5.69 Å². The predicted molar refractivity (Wildman–Crippen MR) is 100 cm³/mol. The summed E-state index contributed by atoms with van der Waals surface area (Å²) in [5.74, 6) is -0.537. The van der Waals surface area contributed by atoms with E-state index >= 15 is 0 Å². The number of pyridine rings is 1. The van der Waals surface area contributed by atoms with Gasteiger partial charge in [-0.1, -0.05) is 35.9 Å². The minimum Gasteiger partial charge on any atom is -0.348 e. The average molecular weight is 371 g/mol. The normalized spacial score (nSPS) is 10.9. The van der Waals surface area contributed by atoms with E-state index in [1.54, 1.807) is 34.9 Å². The Kier molecular flexibility index (Phi) is 5.23. The third-order valence-electron chi connectivity index (χ3n) is 3.78. The summed E-state index contributed by atoms with van der Waals surface area (Å²) in [7, 11) is 0. The van der Waals surface area contributed by atoms with E-state index in [4.69, 9.17) is 11.6 Å². The van der Waals surface area contributed by atoms with E-state index in [1.165, 1.54) is 0 Å². The van der Waals surface area contributed by atoms with Crippen LogP contribution in [-0.4, -0.2) is 27.2 Å². The molecule has 3 aromatic rings. The second-order valence-corrected chi connectivity index (χ2v) is 6.55. The average Bonchev–Trinajstić information content (AvgIpc) is 3.00. The lowest BCUT2D eigenvalue weighted by Gasteiger charge is -2.06. The van der Waals surface area contributed by atoms with Crippen LogP contribution in [0.4, 0.5) is 0 Å². The molecule has 7 heteroatoms. The quantitative estimate of drug-likeness (QED) is 0.724. The third-order valence-corrected chi connectivity index (χ3v) is 4.15. The fourth-order valence-corrected chi connectivity index (χ4v) is 2.79. The summed E-state index contributed by atoms with van der Waals surface area (Å²) in [5, 5.41) is 6.19. The molecule has 2 amide bonds. The largest absolute Gasteiger partial charge is 0.348 e. The lowest BCUT2D eigenvalue weighted by atomic mass is 10.2. The molecule has 3 rings (SSSR count). The number of aromatic nitrogens is 2. The number of nitrogens with one attached hydrogen (secondary N) is 2. The smallest absolute Gasteiger partial charge is 0.287 e. The third kappa shape index (κ3) is 3.70. The van der Waals surface area contributed by atoms with E-state index < -0.39 is 0 Å². The van der Waals surface area contributed by atoms with E-state index in [0.29, 0.717) is 10.5 Å². The van der Waals surface area contributed by atoms with Crippen molar-refractivity contribution in [3.05, 3.63) is 70.8 Å². The summed E-state index contributed by atoms with van der Waals surface area (Å²) >= 11 is 6.12. The molecule has 0 aliphatic rings. The first-order chi connectivity index (χ1) is 12.5. The van der Waals surface area contributed by atoms with Crippen LogP contribution in [0.1, 0.15) is 40.5 Å². The molecule has 0 aliphatic carbocycles. The van der Waals surface area contributed by atoms with Crippen molar-refractivity contribution < 1.29 is 9.59 Å². The van der Waals surface area contributed by atoms with Gasteiger partial charge in [-0.2, -0.15) is 0 Å². The maximum Gasteiger partial charge on any atom is 0.287 e. The van der Waals surface area contributed by atoms with Gasteiger partial charge in [-0.25, -0.2) is 4.98 Å². The molecule has 134 valence electrons. The van der Waals surface area contributed by atoms with Crippen molar-refractivity contribution in [2.75, 3.05) is 0 Å². The van der Waals surface area contributed by atoms with Crippen LogP contribution in [0.15, 0.2) is 48.7 Å². The molecule has 0 aliphatic heterocycles. The molecule has 2 N–H and O–H groups in total. The second-order valence-electron chi connectivity index (χ2n) is 6.14. The van der Waals surface area contributed by atoms with Crippen LogP contribution in [0.5, 0.6) is 0 Å². The number of rotatable bonds is 5. The molecule has 2 heterocycles. The van der Waals surface area contributed by atoms with E-state index in [9.17, 15) is 9.59 Å². The van der Waals surface area contributed by atoms with Gasteiger partial charge in [-0.3, -0.25) is 14.0 Å². The van der Waals surface area contributed by atoms with Crippen LogP contribution < -0.4 is 10.6 Å². The highest BCUT2D eigenvalue weighted by atomic mass is 35.5. The molecule has 0 saturated carbocycles. The molecule has 26 heavy (non-hydrogen) atoms. The van der Waals surface area contributed by atoms with Crippen LogP contribution in [0.25, 0.3) is 5.52 Å². The van der Waals surface area contributed by atoms with Crippen molar-refractivity contribution in [3.8, 4) is 0 Å². The maximum atomic E-state index is 12.6. The van der Waals surface area contributed by atoms with Crippen molar-refractivity contribution in [1.29, 1.82) is 0 Å². The Hall–Kier alpha value is -2.86. The van der Waals surface area contributed by atoms with E-state index in [2.05, 4.69) is 15.6 Å². The van der Waals surface area contributed by atoms with Crippen molar-refractivity contribution >= 4 is 28.9 Å². The topological polar surface area (TPSA) is 75.5 Å². The molecule has 6 nitrogen and oxygen atoms in total. The van der Waals surface area contributed by atoms with E-state index in [-0.39, 0.29) is 35.9 Å². The van der Waals surface area contributed by atoms with Crippen LogP contribution >= 0.6 is 11.6 Å². The van der Waals surface area contributed by atoms with Gasteiger partial charge in [-0.05, 0) is 37.6 Å². The minimum absolute atomic E-state index is 0.0274. The fourth-order valence-electron chi connectivity index (χ4n) is 2.59. The zero-order valence-corrected chi connectivity index (χ0v) is 15.2. The van der Waals surface area contributed by atoms with Crippen LogP contribution in [-0.2, 0) is 6.54 Å². The number of nitrogens with zero attached hydrogens (tertiary/aromatic N) is 2. The molecule has 1 aromatic carbocycles. The summed E-state index contributed by atoms with van der Waals surface area (Å²) in [6, 6.07) is 12.6. The Balaban J connectivity index is 1.88. The number of fused-ring (bicyclic) bond motifs is 1. The van der Waals surface area contributed by atoms with Gasteiger partial charge >= 0.3 is 0 Å². The molecular formula is C19H19ClN4O2. The highest BCUT2D eigenvalue weighted by Crippen LogP contribution is 2.16. The van der Waals surface area contributed by atoms with Gasteiger partial charge in [-0.15, -0.1) is 0 Å². The standard InChI is InChI=1S/C19H19ClN4O2/c1-12(2)22-18(25)16-15-9-5-6-10-24(15)17(23-16)19(26)21-11-13-7-3-4-8-14(13)20/h3-10,12H,11H2,1-2H3,(H,21,26)(H,22,25). The highest BCUT2D eigenvalue weighted by Gasteiger charge is 2.21. The van der Waals surface area contributed by atoms with Gasteiger partial charge in [0.05, 0.1) is 5.52 Å². The van der Waals surface area contributed by atoms with Gasteiger partial charge in [0.2, 0.25) is 5.82 Å². The zero-order chi connectivity index (χ0) is 18.7. The summed E-state index contributed by atoms with van der Waals surface area (Å²) in [4.78, 5) is 29.3. The monoisotopic (exact) mass is 370 g/mol. The predicted octanol–water partition coefficient (Wildman–Crippen LogP) is 3.06. The van der Waals surface area contributed by atoms with Crippen LogP contribution in [0.2, 0.25) is 5.02 Å². The van der Waals surface area contributed by atoms with Crippen LogP contribution in [0.3, 0.4) is 0 Å². The molecule has 0 fully saturated rings. The summed E-state index contributed by atoms with van der Waals surface area (Å²) in [6.07, 6.45) is 1.71. The number of amides is 2. The first-order valence-electron chi connectivity index (χ1n) is 8.27. The van der Waals surface area contributed by atoms with Crippen molar-refractivity contribution in [2.45, 2.75) is 26.4 Å². The SMILES string of the molecule is CC(C)NC(=O)c1nc(C(=O)NCc2ccccc2Cl)n2ccccc12. The van der Waals surface area contributed by atoms with Gasteiger partial charge in [0, 0.05) is 23.8 Å². The second kappa shape index (κ2) is 7.58. The highest BCUT2D eigenvalue weighted by molar-refractivity contribution is 6.31. The first-order valence-corrected chi connectivity index (χ1v) is 8.64. The summed E-state index contributed by atoms with van der Waals surface area (Å²) in [6.45, 7) is 4.01. The number of carbonyl (C=O) groups excluding carboxylic acids is 2.